The van der Waals surface area contributed by atoms with Crippen LogP contribution in [0.15, 0.2) is 30.3 Å². The lowest BCUT2D eigenvalue weighted by molar-refractivity contribution is -0.161. The molecule has 152 valence electrons. The molecule has 0 N–H and O–H groups in total. The van der Waals surface area contributed by atoms with E-state index < -0.39 is 20.2 Å². The van der Waals surface area contributed by atoms with E-state index in [1.165, 1.54) is 6.08 Å². The molecule has 0 saturated carbocycles. The maximum Gasteiger partial charge on any atom is 0.381 e. The Morgan fingerprint density at radius 3 is 2.07 bits per heavy atom. The van der Waals surface area contributed by atoms with Gasteiger partial charge in [0.05, 0.1) is 13.7 Å². The Morgan fingerprint density at radius 2 is 1.59 bits per heavy atom. The smallest absolute Gasteiger partial charge is 0.381 e. The van der Waals surface area contributed by atoms with Gasteiger partial charge in [-0.15, -0.1) is 0 Å². The van der Waals surface area contributed by atoms with E-state index in [-0.39, 0.29) is 0 Å². The van der Waals surface area contributed by atoms with Crippen LogP contribution in [0.1, 0.15) is 52.7 Å². The van der Waals surface area contributed by atoms with Crippen LogP contribution in [0, 0.1) is 0 Å². The van der Waals surface area contributed by atoms with Crippen LogP contribution < -0.4 is 0 Å². The fourth-order valence-electron chi connectivity index (χ4n) is 3.93. The van der Waals surface area contributed by atoms with E-state index in [1.54, 1.807) is 12.1 Å². The minimum atomic E-state index is -3.66. The number of esters is 1. The van der Waals surface area contributed by atoms with Crippen LogP contribution in [-0.4, -0.2) is 27.3 Å². The monoisotopic (exact) mass is 398 g/mol. The highest BCUT2D eigenvalue weighted by Gasteiger charge is 2.45. The van der Waals surface area contributed by atoms with Gasteiger partial charge in [0.25, 0.3) is 0 Å². The molecule has 6 heteroatoms. The molecule has 0 atom stereocenters. The number of carbonyl (C=O) groups is 1. The second-order valence-electron chi connectivity index (χ2n) is 7.75. The van der Waals surface area contributed by atoms with E-state index >= 15 is 0 Å². The van der Waals surface area contributed by atoms with Gasteiger partial charge >= 0.3 is 11.9 Å². The average Bonchev–Trinajstić information content (AvgIpc) is 2.59. The molecule has 0 aliphatic heterocycles. The maximum absolute atomic E-state index is 13.7. The zero-order valence-corrected chi connectivity index (χ0v) is 18.4. The summed E-state index contributed by atoms with van der Waals surface area (Å²) in [7, 11) is -1.12. The zero-order valence-electron chi connectivity index (χ0n) is 17.4. The van der Waals surface area contributed by atoms with E-state index in [0.29, 0.717) is 34.9 Å². The standard InChI is InChI=1S/C21H32F2O3Si/c1-15(2)27(16(3)4,17(5)6)26-14-19-11-9-8-10-18(19)12-13-21(22,23)20(24)25-7/h8-13,15-17H,14H2,1-7H3/b13-12+. The number of rotatable bonds is 9. The third-order valence-electron chi connectivity index (χ3n) is 5.17. The molecule has 0 aromatic heterocycles. The molecule has 1 aromatic rings. The van der Waals surface area contributed by atoms with Crippen LogP contribution in [-0.2, 0) is 20.6 Å². The van der Waals surface area contributed by atoms with E-state index in [2.05, 4.69) is 46.3 Å². The lowest BCUT2D eigenvalue weighted by atomic mass is 10.1. The van der Waals surface area contributed by atoms with Crippen molar-refractivity contribution in [1.29, 1.82) is 0 Å². The van der Waals surface area contributed by atoms with Gasteiger partial charge in [-0.25, -0.2) is 4.79 Å². The maximum atomic E-state index is 13.7. The summed E-state index contributed by atoms with van der Waals surface area (Å²) in [6.07, 6.45) is 1.84. The molecule has 0 saturated heterocycles. The molecule has 0 aliphatic carbocycles. The highest BCUT2D eigenvalue weighted by Crippen LogP contribution is 2.42. The van der Waals surface area contributed by atoms with Crippen molar-refractivity contribution >= 4 is 20.4 Å². The number of ether oxygens (including phenoxy) is 1. The number of benzene rings is 1. The van der Waals surface area contributed by atoms with E-state index in [0.717, 1.165) is 12.7 Å². The first-order valence-electron chi connectivity index (χ1n) is 9.36. The zero-order chi connectivity index (χ0) is 20.8. The van der Waals surface area contributed by atoms with Crippen LogP contribution in [0.25, 0.3) is 6.08 Å². The summed E-state index contributed by atoms with van der Waals surface area (Å²) in [5, 5.41) is 0. The molecule has 0 fully saturated rings. The predicted molar refractivity (Wildman–Crippen MR) is 108 cm³/mol. The number of hydrogen-bond acceptors (Lipinski definition) is 3. The van der Waals surface area contributed by atoms with Crippen molar-refractivity contribution in [3.05, 3.63) is 41.5 Å². The van der Waals surface area contributed by atoms with E-state index in [4.69, 9.17) is 4.43 Å². The third kappa shape index (κ3) is 5.48. The van der Waals surface area contributed by atoms with Crippen LogP contribution in [0.5, 0.6) is 0 Å². The molecule has 0 aliphatic rings. The van der Waals surface area contributed by atoms with Gasteiger partial charge < -0.3 is 9.16 Å². The molecular formula is C21H32F2O3Si. The van der Waals surface area contributed by atoms with Gasteiger partial charge in [0, 0.05) is 0 Å². The number of alkyl halides is 2. The Labute approximate surface area is 162 Å². The van der Waals surface area contributed by atoms with Gasteiger partial charge in [-0.2, -0.15) is 8.78 Å². The Morgan fingerprint density at radius 1 is 1.07 bits per heavy atom. The molecular weight excluding hydrogens is 366 g/mol. The van der Waals surface area contributed by atoms with Crippen molar-refractivity contribution < 1.29 is 22.7 Å². The predicted octanol–water partition coefficient (Wildman–Crippen LogP) is 6.20. The van der Waals surface area contributed by atoms with Gasteiger partial charge in [0.2, 0.25) is 8.32 Å². The fourth-order valence-corrected chi connectivity index (χ4v) is 9.34. The molecule has 27 heavy (non-hydrogen) atoms. The van der Waals surface area contributed by atoms with Gasteiger partial charge in [0.1, 0.15) is 0 Å². The van der Waals surface area contributed by atoms with Crippen LogP contribution in [0.3, 0.4) is 0 Å². The Hall–Kier alpha value is -1.53. The fraction of sp³-hybridized carbons (Fsp3) is 0.571. The van der Waals surface area contributed by atoms with Crippen LogP contribution >= 0.6 is 0 Å². The molecule has 1 rings (SSSR count). The van der Waals surface area contributed by atoms with Gasteiger partial charge in [-0.1, -0.05) is 71.9 Å². The average molecular weight is 399 g/mol. The van der Waals surface area contributed by atoms with Gasteiger partial charge in [-0.05, 0) is 33.8 Å². The molecule has 1 aromatic carbocycles. The lowest BCUT2D eigenvalue weighted by Crippen LogP contribution is -2.47. The Bertz CT molecular complexity index is 633. The first-order valence-corrected chi connectivity index (χ1v) is 11.5. The van der Waals surface area contributed by atoms with Crippen molar-refractivity contribution in [2.75, 3.05) is 7.11 Å². The van der Waals surface area contributed by atoms with E-state index in [9.17, 15) is 13.6 Å². The molecule has 0 spiro atoms. The largest absolute Gasteiger partial charge is 0.464 e. The van der Waals surface area contributed by atoms with E-state index in [1.807, 2.05) is 12.1 Å². The molecule has 0 radical (unpaired) electrons. The summed E-state index contributed by atoms with van der Waals surface area (Å²) < 4.78 is 38.2. The highest BCUT2D eigenvalue weighted by atomic mass is 28.4. The molecule has 0 unspecified atom stereocenters. The Kier molecular flexibility index (Phi) is 8.36. The number of methoxy groups -OCH3 is 1. The summed E-state index contributed by atoms with van der Waals surface area (Å²) in [5.74, 6) is -5.23. The minimum absolute atomic E-state index is 0.366. The second-order valence-corrected chi connectivity index (χ2v) is 13.2. The summed E-state index contributed by atoms with van der Waals surface area (Å²) in [6, 6.07) is 7.25. The summed E-state index contributed by atoms with van der Waals surface area (Å²) in [6.45, 7) is 13.6. The number of hydrogen-bond donors (Lipinski definition) is 0. The quantitative estimate of drug-likeness (QED) is 0.367. The Balaban J connectivity index is 3.12. The topological polar surface area (TPSA) is 35.5 Å². The second kappa shape index (κ2) is 9.60. The summed E-state index contributed by atoms with van der Waals surface area (Å²) in [5.41, 5.74) is 2.74. The van der Waals surface area contributed by atoms with Crippen molar-refractivity contribution in [1.82, 2.24) is 0 Å². The van der Waals surface area contributed by atoms with Crippen molar-refractivity contribution in [2.24, 2.45) is 0 Å². The van der Waals surface area contributed by atoms with Gasteiger partial charge in [0.15, 0.2) is 0 Å². The van der Waals surface area contributed by atoms with Crippen molar-refractivity contribution in [3.63, 3.8) is 0 Å². The van der Waals surface area contributed by atoms with Crippen LogP contribution in [0.2, 0.25) is 16.6 Å². The molecule has 0 heterocycles. The summed E-state index contributed by atoms with van der Waals surface area (Å²) in [4.78, 5) is 11.2. The number of halogens is 2. The first-order chi connectivity index (χ1) is 12.5. The molecule has 0 bridgehead atoms. The SMILES string of the molecule is COC(=O)C(F)(F)/C=C/c1ccccc1CO[Si](C(C)C)(C(C)C)C(C)C. The normalized spacial score (nSPS) is 13.2. The van der Waals surface area contributed by atoms with Gasteiger partial charge in [-0.3, -0.25) is 0 Å². The van der Waals surface area contributed by atoms with Crippen LogP contribution in [0.4, 0.5) is 8.78 Å². The molecule has 0 amide bonds. The third-order valence-corrected chi connectivity index (χ3v) is 11.2. The molecule has 3 nitrogen and oxygen atoms in total. The minimum Gasteiger partial charge on any atom is -0.464 e. The van der Waals surface area contributed by atoms with Crippen molar-refractivity contribution in [2.45, 2.75) is 70.7 Å². The number of carbonyl (C=O) groups excluding carboxylic acids is 1. The first kappa shape index (κ1) is 23.5. The van der Waals surface area contributed by atoms with Crippen molar-refractivity contribution in [3.8, 4) is 0 Å². The lowest BCUT2D eigenvalue weighted by Gasteiger charge is -2.42. The summed E-state index contributed by atoms with van der Waals surface area (Å²) >= 11 is 0. The highest BCUT2D eigenvalue weighted by molar-refractivity contribution is 6.77.